The van der Waals surface area contributed by atoms with Crippen LogP contribution in [0.3, 0.4) is 0 Å². The highest BCUT2D eigenvalue weighted by atomic mass is 14.9. The molecule has 17 heavy (non-hydrogen) atoms. The van der Waals surface area contributed by atoms with Gasteiger partial charge < -0.3 is 5.32 Å². The predicted octanol–water partition coefficient (Wildman–Crippen LogP) is 4.23. The highest BCUT2D eigenvalue weighted by Gasteiger charge is 2.38. The maximum atomic E-state index is 3.71. The summed E-state index contributed by atoms with van der Waals surface area (Å²) in [5, 5.41) is 3.71. The Morgan fingerprint density at radius 2 is 1.71 bits per heavy atom. The highest BCUT2D eigenvalue weighted by Crippen LogP contribution is 2.42. The third-order valence-corrected chi connectivity index (χ3v) is 5.68. The van der Waals surface area contributed by atoms with E-state index in [1.54, 1.807) is 0 Å². The molecule has 0 amide bonds. The van der Waals surface area contributed by atoms with Crippen LogP contribution in [0.2, 0.25) is 0 Å². The molecule has 0 aromatic heterocycles. The zero-order valence-electron chi connectivity index (χ0n) is 12.0. The van der Waals surface area contributed by atoms with Gasteiger partial charge in [-0.3, -0.25) is 0 Å². The predicted molar refractivity (Wildman–Crippen MR) is 75.1 cm³/mol. The number of hydrogen-bond acceptors (Lipinski definition) is 1. The molecule has 5 unspecified atom stereocenters. The van der Waals surface area contributed by atoms with Crippen molar-refractivity contribution in [3.63, 3.8) is 0 Å². The molecule has 2 aliphatic rings. The van der Waals surface area contributed by atoms with Crippen molar-refractivity contribution in [3.05, 3.63) is 0 Å². The second-order valence-corrected chi connectivity index (χ2v) is 6.50. The van der Waals surface area contributed by atoms with Crippen molar-refractivity contribution >= 4 is 0 Å². The maximum absolute atomic E-state index is 3.71. The van der Waals surface area contributed by atoms with Gasteiger partial charge in [-0.05, 0) is 43.6 Å². The average Bonchev–Trinajstić information content (AvgIpc) is 2.78. The lowest BCUT2D eigenvalue weighted by atomic mass is 9.69. The van der Waals surface area contributed by atoms with Crippen LogP contribution in [0.4, 0.5) is 0 Å². The van der Waals surface area contributed by atoms with Crippen LogP contribution in [0.15, 0.2) is 0 Å². The van der Waals surface area contributed by atoms with Gasteiger partial charge >= 0.3 is 0 Å². The van der Waals surface area contributed by atoms with Crippen LogP contribution >= 0.6 is 0 Å². The van der Waals surface area contributed by atoms with Gasteiger partial charge in [0.1, 0.15) is 0 Å². The molecule has 0 saturated heterocycles. The van der Waals surface area contributed by atoms with Crippen LogP contribution in [-0.4, -0.2) is 13.1 Å². The molecule has 0 aromatic carbocycles. The van der Waals surface area contributed by atoms with Gasteiger partial charge in [-0.2, -0.15) is 0 Å². The van der Waals surface area contributed by atoms with Crippen LogP contribution < -0.4 is 5.32 Å². The lowest BCUT2D eigenvalue weighted by Crippen LogP contribution is -2.45. The molecule has 2 rings (SSSR count). The van der Waals surface area contributed by atoms with Gasteiger partial charge in [-0.1, -0.05) is 52.4 Å². The lowest BCUT2D eigenvalue weighted by Gasteiger charge is -2.41. The van der Waals surface area contributed by atoms with E-state index >= 15 is 0 Å². The summed E-state index contributed by atoms with van der Waals surface area (Å²) in [5.74, 6) is 3.86. The Kier molecular flexibility index (Phi) is 4.90. The van der Waals surface area contributed by atoms with Crippen LogP contribution in [0.5, 0.6) is 0 Å². The van der Waals surface area contributed by atoms with Gasteiger partial charge in [0.15, 0.2) is 0 Å². The van der Waals surface area contributed by atoms with E-state index in [1.807, 2.05) is 0 Å². The Balaban J connectivity index is 2.04. The summed E-state index contributed by atoms with van der Waals surface area (Å²) in [6, 6.07) is 0.803. The summed E-state index contributed by atoms with van der Waals surface area (Å²) in [6.07, 6.45) is 11.7. The fourth-order valence-corrected chi connectivity index (χ4v) is 4.67. The standard InChI is InChI=1S/C16H31N/c1-4-13-9-5-6-10-15(13)16(17-3)14-11-7-8-12(14)2/h12-17H,4-11H2,1-3H3. The van der Waals surface area contributed by atoms with Gasteiger partial charge in [0.2, 0.25) is 0 Å². The second-order valence-electron chi connectivity index (χ2n) is 6.50. The molecule has 0 radical (unpaired) electrons. The van der Waals surface area contributed by atoms with Gasteiger partial charge in [-0.25, -0.2) is 0 Å². The Hall–Kier alpha value is -0.0400. The monoisotopic (exact) mass is 237 g/mol. The fourth-order valence-electron chi connectivity index (χ4n) is 4.67. The van der Waals surface area contributed by atoms with E-state index in [-0.39, 0.29) is 0 Å². The van der Waals surface area contributed by atoms with Crippen molar-refractivity contribution < 1.29 is 0 Å². The third-order valence-electron chi connectivity index (χ3n) is 5.68. The molecule has 0 spiro atoms. The molecule has 100 valence electrons. The number of hydrogen-bond donors (Lipinski definition) is 1. The Labute approximate surface area is 108 Å². The minimum atomic E-state index is 0.803. The first-order valence-corrected chi connectivity index (χ1v) is 7.95. The van der Waals surface area contributed by atoms with Gasteiger partial charge in [0, 0.05) is 6.04 Å². The van der Waals surface area contributed by atoms with Crippen molar-refractivity contribution in [1.82, 2.24) is 5.32 Å². The second kappa shape index (κ2) is 6.22. The summed E-state index contributed by atoms with van der Waals surface area (Å²) in [6.45, 7) is 4.87. The minimum absolute atomic E-state index is 0.803. The SMILES string of the molecule is CCC1CCCCC1C(NC)C1CCCC1C. The molecule has 5 atom stereocenters. The summed E-state index contributed by atoms with van der Waals surface area (Å²) >= 11 is 0. The fraction of sp³-hybridized carbons (Fsp3) is 1.00. The van der Waals surface area contributed by atoms with Gasteiger partial charge in [-0.15, -0.1) is 0 Å². The third kappa shape index (κ3) is 2.86. The number of rotatable bonds is 4. The topological polar surface area (TPSA) is 12.0 Å². The largest absolute Gasteiger partial charge is 0.316 e. The van der Waals surface area contributed by atoms with Crippen molar-refractivity contribution in [1.29, 1.82) is 0 Å². The highest BCUT2D eigenvalue weighted by molar-refractivity contribution is 4.92. The summed E-state index contributed by atoms with van der Waals surface area (Å²) in [7, 11) is 2.21. The molecule has 0 aliphatic heterocycles. The zero-order valence-corrected chi connectivity index (χ0v) is 12.0. The van der Waals surface area contributed by atoms with Crippen molar-refractivity contribution in [2.75, 3.05) is 7.05 Å². The quantitative estimate of drug-likeness (QED) is 0.771. The first-order valence-electron chi connectivity index (χ1n) is 7.95. The molecule has 1 heteroatoms. The van der Waals surface area contributed by atoms with E-state index in [0.29, 0.717) is 0 Å². The molecule has 0 heterocycles. The van der Waals surface area contributed by atoms with E-state index in [0.717, 1.165) is 29.7 Å². The summed E-state index contributed by atoms with van der Waals surface area (Å²) in [5.41, 5.74) is 0. The smallest absolute Gasteiger partial charge is 0.0126 e. The first kappa shape index (κ1) is 13.4. The van der Waals surface area contributed by atoms with Crippen LogP contribution in [-0.2, 0) is 0 Å². The van der Waals surface area contributed by atoms with Gasteiger partial charge in [0.25, 0.3) is 0 Å². The summed E-state index contributed by atoms with van der Waals surface area (Å²) in [4.78, 5) is 0. The molecular formula is C16H31N. The zero-order chi connectivity index (χ0) is 12.3. The van der Waals surface area contributed by atoms with E-state index in [9.17, 15) is 0 Å². The minimum Gasteiger partial charge on any atom is -0.316 e. The number of nitrogens with one attached hydrogen (secondary N) is 1. The van der Waals surface area contributed by atoms with E-state index < -0.39 is 0 Å². The molecule has 2 fully saturated rings. The van der Waals surface area contributed by atoms with Crippen LogP contribution in [0, 0.1) is 23.7 Å². The van der Waals surface area contributed by atoms with Crippen molar-refractivity contribution in [2.45, 2.75) is 71.3 Å². The van der Waals surface area contributed by atoms with Crippen LogP contribution in [0.25, 0.3) is 0 Å². The molecule has 0 bridgehead atoms. The lowest BCUT2D eigenvalue weighted by molar-refractivity contribution is 0.128. The molecule has 1 nitrogen and oxygen atoms in total. The van der Waals surface area contributed by atoms with Crippen molar-refractivity contribution in [2.24, 2.45) is 23.7 Å². The average molecular weight is 237 g/mol. The van der Waals surface area contributed by atoms with E-state index in [1.165, 1.54) is 51.4 Å². The Morgan fingerprint density at radius 1 is 1.00 bits per heavy atom. The molecule has 2 aliphatic carbocycles. The van der Waals surface area contributed by atoms with Gasteiger partial charge in [0.05, 0.1) is 0 Å². The Morgan fingerprint density at radius 3 is 2.29 bits per heavy atom. The molecular weight excluding hydrogens is 206 g/mol. The molecule has 2 saturated carbocycles. The first-order chi connectivity index (χ1) is 8.27. The van der Waals surface area contributed by atoms with E-state index in [2.05, 4.69) is 26.2 Å². The van der Waals surface area contributed by atoms with E-state index in [4.69, 9.17) is 0 Å². The molecule has 0 aromatic rings. The normalized spacial score (nSPS) is 40.4. The molecule has 1 N–H and O–H groups in total. The summed E-state index contributed by atoms with van der Waals surface area (Å²) < 4.78 is 0. The van der Waals surface area contributed by atoms with Crippen LogP contribution in [0.1, 0.15) is 65.2 Å². The maximum Gasteiger partial charge on any atom is 0.0126 e. The Bertz CT molecular complexity index is 226. The van der Waals surface area contributed by atoms with Crippen molar-refractivity contribution in [3.8, 4) is 0 Å².